The Balaban J connectivity index is 1.84. The number of aryl methyl sites for hydroxylation is 1. The number of amides is 1. The first kappa shape index (κ1) is 11.7. The molecule has 0 saturated heterocycles. The molecule has 0 saturated carbocycles. The van der Waals surface area contributed by atoms with E-state index >= 15 is 0 Å². The number of hydrogen-bond donors (Lipinski definition) is 2. The summed E-state index contributed by atoms with van der Waals surface area (Å²) in [7, 11) is 0. The first-order chi connectivity index (χ1) is 8.15. The fraction of sp³-hybridized carbons (Fsp3) is 0.273. The largest absolute Gasteiger partial charge is 0.382 e. The third-order valence-electron chi connectivity index (χ3n) is 2.38. The highest BCUT2D eigenvalue weighted by Gasteiger charge is 2.05. The van der Waals surface area contributed by atoms with Crippen molar-refractivity contribution in [3.05, 3.63) is 34.2 Å². The van der Waals surface area contributed by atoms with E-state index in [1.807, 2.05) is 18.4 Å². The molecule has 2 rings (SSSR count). The topological polar surface area (TPSA) is 72.9 Å². The predicted molar refractivity (Wildman–Crippen MR) is 67.5 cm³/mol. The number of rotatable bonds is 4. The van der Waals surface area contributed by atoms with E-state index in [4.69, 9.17) is 5.73 Å². The van der Waals surface area contributed by atoms with E-state index in [0.29, 0.717) is 12.4 Å². The van der Waals surface area contributed by atoms with Crippen molar-refractivity contribution in [1.29, 1.82) is 0 Å². The second-order valence-electron chi connectivity index (χ2n) is 3.74. The maximum Gasteiger partial charge on any atom is 0.242 e. The maximum absolute atomic E-state index is 11.6. The molecular formula is C11H14N4OS. The molecule has 1 amide bonds. The molecule has 2 aromatic rings. The van der Waals surface area contributed by atoms with Crippen molar-refractivity contribution in [2.24, 2.45) is 0 Å². The lowest BCUT2D eigenvalue weighted by molar-refractivity contribution is -0.122. The van der Waals surface area contributed by atoms with E-state index < -0.39 is 0 Å². The Kier molecular flexibility index (Phi) is 3.43. The molecule has 0 spiro atoms. The highest BCUT2D eigenvalue weighted by Crippen LogP contribution is 2.14. The molecule has 0 aliphatic carbocycles. The summed E-state index contributed by atoms with van der Waals surface area (Å²) in [6.07, 6.45) is 1.69. The number of nitrogens with one attached hydrogen (secondary N) is 1. The first-order valence-corrected chi connectivity index (χ1v) is 6.11. The average molecular weight is 250 g/mol. The van der Waals surface area contributed by atoms with Crippen molar-refractivity contribution in [3.8, 4) is 0 Å². The van der Waals surface area contributed by atoms with Crippen LogP contribution in [0.15, 0.2) is 23.7 Å². The zero-order valence-corrected chi connectivity index (χ0v) is 10.3. The van der Waals surface area contributed by atoms with Crippen molar-refractivity contribution in [1.82, 2.24) is 15.1 Å². The number of nitrogens with zero attached hydrogens (tertiary/aromatic N) is 2. The van der Waals surface area contributed by atoms with Gasteiger partial charge in [-0.3, -0.25) is 9.48 Å². The van der Waals surface area contributed by atoms with Crippen LogP contribution in [-0.4, -0.2) is 15.7 Å². The molecule has 0 aliphatic heterocycles. The lowest BCUT2D eigenvalue weighted by Gasteiger charge is -2.04. The third kappa shape index (κ3) is 3.07. The number of thiophene rings is 1. The van der Waals surface area contributed by atoms with Gasteiger partial charge in [0.05, 0.1) is 6.54 Å². The minimum Gasteiger partial charge on any atom is -0.382 e. The number of nitrogens with two attached hydrogens (primary N) is 1. The molecule has 0 radical (unpaired) electrons. The van der Waals surface area contributed by atoms with Gasteiger partial charge >= 0.3 is 0 Å². The molecule has 0 atom stereocenters. The molecule has 0 fully saturated rings. The molecule has 17 heavy (non-hydrogen) atoms. The van der Waals surface area contributed by atoms with Gasteiger partial charge in [0.15, 0.2) is 0 Å². The van der Waals surface area contributed by atoms with Gasteiger partial charge in [0.25, 0.3) is 0 Å². The summed E-state index contributed by atoms with van der Waals surface area (Å²) >= 11 is 1.64. The van der Waals surface area contributed by atoms with Gasteiger partial charge in [0.1, 0.15) is 12.4 Å². The molecule has 2 aromatic heterocycles. The van der Waals surface area contributed by atoms with Gasteiger partial charge in [0.2, 0.25) is 5.91 Å². The van der Waals surface area contributed by atoms with Crippen LogP contribution in [0.1, 0.15) is 10.4 Å². The number of nitrogen functional groups attached to an aromatic ring is 1. The Bertz CT molecular complexity index is 517. The fourth-order valence-corrected chi connectivity index (χ4v) is 2.28. The van der Waals surface area contributed by atoms with Crippen LogP contribution in [0.3, 0.4) is 0 Å². The molecule has 90 valence electrons. The van der Waals surface area contributed by atoms with E-state index in [1.165, 1.54) is 15.1 Å². The highest BCUT2D eigenvalue weighted by molar-refractivity contribution is 7.10. The number of carbonyl (C=O) groups is 1. The van der Waals surface area contributed by atoms with Gasteiger partial charge in [-0.25, -0.2) is 0 Å². The van der Waals surface area contributed by atoms with Crippen LogP contribution in [0.25, 0.3) is 0 Å². The summed E-state index contributed by atoms with van der Waals surface area (Å²) in [4.78, 5) is 12.8. The summed E-state index contributed by atoms with van der Waals surface area (Å²) in [6.45, 7) is 2.80. The van der Waals surface area contributed by atoms with Crippen molar-refractivity contribution in [3.63, 3.8) is 0 Å². The fourth-order valence-electron chi connectivity index (χ4n) is 1.43. The zero-order valence-electron chi connectivity index (χ0n) is 9.51. The van der Waals surface area contributed by atoms with E-state index in [0.717, 1.165) is 0 Å². The Labute approximate surface area is 103 Å². The normalized spacial score (nSPS) is 10.4. The molecule has 2 heterocycles. The van der Waals surface area contributed by atoms with Gasteiger partial charge < -0.3 is 11.1 Å². The van der Waals surface area contributed by atoms with Crippen molar-refractivity contribution in [2.45, 2.75) is 20.0 Å². The van der Waals surface area contributed by atoms with E-state index in [9.17, 15) is 4.79 Å². The van der Waals surface area contributed by atoms with Crippen molar-refractivity contribution >= 4 is 23.1 Å². The van der Waals surface area contributed by atoms with E-state index in [1.54, 1.807) is 23.6 Å². The number of carbonyl (C=O) groups excluding carboxylic acids is 1. The van der Waals surface area contributed by atoms with Crippen LogP contribution in [0.5, 0.6) is 0 Å². The summed E-state index contributed by atoms with van der Waals surface area (Å²) in [5.74, 6) is 0.354. The molecule has 0 unspecified atom stereocenters. The number of anilines is 1. The van der Waals surface area contributed by atoms with Crippen LogP contribution in [0.2, 0.25) is 0 Å². The molecule has 0 bridgehead atoms. The van der Waals surface area contributed by atoms with Crippen molar-refractivity contribution in [2.75, 3.05) is 5.73 Å². The van der Waals surface area contributed by atoms with Gasteiger partial charge in [-0.1, -0.05) is 0 Å². The molecule has 6 heteroatoms. The Morgan fingerprint density at radius 1 is 1.59 bits per heavy atom. The molecule has 3 N–H and O–H groups in total. The van der Waals surface area contributed by atoms with Gasteiger partial charge in [-0.05, 0) is 30.0 Å². The smallest absolute Gasteiger partial charge is 0.242 e. The molecule has 5 nitrogen and oxygen atoms in total. The maximum atomic E-state index is 11.6. The van der Waals surface area contributed by atoms with Gasteiger partial charge in [-0.2, -0.15) is 5.10 Å². The van der Waals surface area contributed by atoms with Gasteiger partial charge in [0, 0.05) is 11.1 Å². The molecule has 0 aromatic carbocycles. The summed E-state index contributed by atoms with van der Waals surface area (Å²) in [5.41, 5.74) is 6.67. The van der Waals surface area contributed by atoms with E-state index in [2.05, 4.69) is 10.4 Å². The van der Waals surface area contributed by atoms with Crippen LogP contribution in [-0.2, 0) is 17.9 Å². The Morgan fingerprint density at radius 3 is 3.00 bits per heavy atom. The molecule has 0 aliphatic rings. The minimum absolute atomic E-state index is 0.0686. The lowest BCUT2D eigenvalue weighted by Crippen LogP contribution is -2.27. The predicted octanol–water partition coefficient (Wildman–Crippen LogP) is 1.15. The minimum atomic E-state index is -0.0686. The van der Waals surface area contributed by atoms with Crippen molar-refractivity contribution < 1.29 is 4.79 Å². The Hall–Kier alpha value is -1.82. The van der Waals surface area contributed by atoms with Gasteiger partial charge in [-0.15, -0.1) is 11.3 Å². The second kappa shape index (κ2) is 5.01. The molecular weight excluding hydrogens is 236 g/mol. The summed E-state index contributed by atoms with van der Waals surface area (Å²) in [6, 6.07) is 3.71. The standard InChI is InChI=1S/C11H14N4OS/c1-8-3-5-17-9(8)6-13-11(16)7-15-4-2-10(12)14-15/h2-5H,6-7H2,1H3,(H2,12,14)(H,13,16). The SMILES string of the molecule is Cc1ccsc1CNC(=O)Cn1ccc(N)n1. The lowest BCUT2D eigenvalue weighted by atomic mass is 10.3. The van der Waals surface area contributed by atoms with E-state index in [-0.39, 0.29) is 12.5 Å². The van der Waals surface area contributed by atoms with Crippen LogP contribution in [0.4, 0.5) is 5.82 Å². The monoisotopic (exact) mass is 250 g/mol. The van der Waals surface area contributed by atoms with Crippen LogP contribution < -0.4 is 11.1 Å². The average Bonchev–Trinajstić information content (AvgIpc) is 2.85. The second-order valence-corrected chi connectivity index (χ2v) is 4.74. The van der Waals surface area contributed by atoms with Crippen LogP contribution in [0, 0.1) is 6.92 Å². The highest BCUT2D eigenvalue weighted by atomic mass is 32.1. The summed E-state index contributed by atoms with van der Waals surface area (Å²) in [5, 5.41) is 8.82. The quantitative estimate of drug-likeness (QED) is 0.855. The zero-order chi connectivity index (χ0) is 12.3. The number of aromatic nitrogens is 2. The Morgan fingerprint density at radius 2 is 2.41 bits per heavy atom. The third-order valence-corrected chi connectivity index (χ3v) is 3.40. The number of hydrogen-bond acceptors (Lipinski definition) is 4. The van der Waals surface area contributed by atoms with Crippen LogP contribution >= 0.6 is 11.3 Å². The first-order valence-electron chi connectivity index (χ1n) is 5.24. The summed E-state index contributed by atoms with van der Waals surface area (Å²) < 4.78 is 1.52.